The topological polar surface area (TPSA) is 63.1 Å². The van der Waals surface area contributed by atoms with Crippen molar-refractivity contribution in [3.05, 3.63) is 83.8 Å². The smallest absolute Gasteiger partial charge is 0.276 e. The van der Waals surface area contributed by atoms with Crippen LogP contribution in [0.2, 0.25) is 0 Å². The van der Waals surface area contributed by atoms with Crippen molar-refractivity contribution in [2.75, 3.05) is 0 Å². The van der Waals surface area contributed by atoms with E-state index in [0.717, 1.165) is 50.6 Å². The largest absolute Gasteiger partial charge is 0.328 e. The number of thiocarbonyl (C=S) groups is 1. The highest BCUT2D eigenvalue weighted by molar-refractivity contribution is 7.99. The molecule has 0 atom stereocenters. The molecule has 1 aliphatic carbocycles. The van der Waals surface area contributed by atoms with Crippen LogP contribution in [0, 0.1) is 6.92 Å². The van der Waals surface area contributed by atoms with Gasteiger partial charge in [-0.2, -0.15) is 5.10 Å². The van der Waals surface area contributed by atoms with Gasteiger partial charge in [0.05, 0.1) is 16.9 Å². The highest BCUT2D eigenvalue weighted by Gasteiger charge is 2.41. The van der Waals surface area contributed by atoms with E-state index in [1.807, 2.05) is 66.3 Å². The zero-order chi connectivity index (χ0) is 23.2. The Bertz CT molecular complexity index is 1470. The number of pyridine rings is 1. The van der Waals surface area contributed by atoms with Gasteiger partial charge in [0.25, 0.3) is 5.91 Å². The maximum Gasteiger partial charge on any atom is 0.276 e. The molecule has 0 radical (unpaired) electrons. The van der Waals surface area contributed by atoms with Gasteiger partial charge >= 0.3 is 0 Å². The summed E-state index contributed by atoms with van der Waals surface area (Å²) < 4.78 is 1.94. The van der Waals surface area contributed by atoms with Crippen molar-refractivity contribution in [1.29, 1.82) is 0 Å². The van der Waals surface area contributed by atoms with Gasteiger partial charge in [-0.05, 0) is 62.3 Å². The molecule has 168 valence electrons. The fourth-order valence-electron chi connectivity index (χ4n) is 4.15. The van der Waals surface area contributed by atoms with Gasteiger partial charge in [-0.25, -0.2) is 4.68 Å². The zero-order valence-electron chi connectivity index (χ0n) is 18.4. The molecule has 2 aromatic heterocycles. The number of hydrogen-bond donors (Lipinski definition) is 1. The Morgan fingerprint density at radius 2 is 1.88 bits per heavy atom. The molecule has 3 heterocycles. The molecule has 6 nitrogen and oxygen atoms in total. The number of fused-ring (bicyclic) bond motifs is 1. The summed E-state index contributed by atoms with van der Waals surface area (Å²) in [6.07, 6.45) is 5.70. The minimum absolute atomic E-state index is 0.0675. The van der Waals surface area contributed by atoms with Crippen molar-refractivity contribution in [2.24, 2.45) is 0 Å². The van der Waals surface area contributed by atoms with Crippen LogP contribution in [0.1, 0.15) is 24.1 Å². The van der Waals surface area contributed by atoms with Crippen LogP contribution in [0.25, 0.3) is 22.7 Å². The van der Waals surface area contributed by atoms with E-state index in [0.29, 0.717) is 10.8 Å². The van der Waals surface area contributed by atoms with Gasteiger partial charge in [-0.3, -0.25) is 14.7 Å². The Morgan fingerprint density at radius 1 is 1.09 bits per heavy atom. The van der Waals surface area contributed by atoms with E-state index in [9.17, 15) is 4.79 Å². The first-order valence-electron chi connectivity index (χ1n) is 11.1. The second kappa shape index (κ2) is 8.38. The second-order valence-electron chi connectivity index (χ2n) is 8.38. The lowest BCUT2D eigenvalue weighted by molar-refractivity contribution is -0.122. The highest BCUT2D eigenvalue weighted by atomic mass is 32.2. The van der Waals surface area contributed by atoms with Crippen LogP contribution in [0.3, 0.4) is 0 Å². The molecule has 0 unspecified atom stereocenters. The van der Waals surface area contributed by atoms with Crippen molar-refractivity contribution in [1.82, 2.24) is 25.0 Å². The average Bonchev–Trinajstić information content (AvgIpc) is 3.59. The van der Waals surface area contributed by atoms with Gasteiger partial charge in [0, 0.05) is 28.1 Å². The first-order chi connectivity index (χ1) is 16.6. The van der Waals surface area contributed by atoms with Gasteiger partial charge in [-0.15, -0.1) is 0 Å². The Morgan fingerprint density at radius 3 is 2.68 bits per heavy atom. The molecule has 2 fully saturated rings. The lowest BCUT2D eigenvalue weighted by atomic mass is 10.2. The monoisotopic (exact) mass is 483 g/mol. The summed E-state index contributed by atoms with van der Waals surface area (Å²) in [7, 11) is 0. The number of para-hydroxylation sites is 2. The predicted molar refractivity (Wildman–Crippen MR) is 138 cm³/mol. The van der Waals surface area contributed by atoms with Gasteiger partial charge in [0.2, 0.25) is 0 Å². The van der Waals surface area contributed by atoms with Crippen LogP contribution in [0.15, 0.2) is 82.5 Å². The molecule has 2 aromatic carbocycles. The normalized spacial score (nSPS) is 17.1. The lowest BCUT2D eigenvalue weighted by Crippen LogP contribution is -2.32. The molecule has 1 amide bonds. The molecular formula is C26H21N5OS2. The quantitative estimate of drug-likeness (QED) is 0.315. The third-order valence-corrected chi connectivity index (χ3v) is 7.41. The van der Waals surface area contributed by atoms with Crippen LogP contribution in [-0.4, -0.2) is 36.7 Å². The van der Waals surface area contributed by atoms with Crippen LogP contribution >= 0.6 is 24.0 Å². The van der Waals surface area contributed by atoms with Gasteiger partial charge in [-0.1, -0.05) is 48.2 Å². The van der Waals surface area contributed by atoms with E-state index in [-0.39, 0.29) is 11.9 Å². The summed E-state index contributed by atoms with van der Waals surface area (Å²) in [5.74, 6) is -0.0675. The number of benzene rings is 2. The molecule has 1 N–H and O–H groups in total. The van der Waals surface area contributed by atoms with Crippen LogP contribution < -0.4 is 5.32 Å². The second-order valence-corrected chi connectivity index (χ2v) is 9.80. The maximum atomic E-state index is 13.1. The number of nitrogens with one attached hydrogen (secondary N) is 1. The van der Waals surface area contributed by atoms with Crippen molar-refractivity contribution >= 4 is 52.0 Å². The first-order valence-corrected chi connectivity index (χ1v) is 12.4. The minimum Gasteiger partial charge on any atom is -0.328 e. The zero-order valence-corrected chi connectivity index (χ0v) is 20.1. The Hall–Kier alpha value is -3.49. The number of carbonyl (C=O) groups excluding carboxylic acids is 1. The first kappa shape index (κ1) is 21.1. The summed E-state index contributed by atoms with van der Waals surface area (Å²) in [5.41, 5.74) is 4.09. The van der Waals surface area contributed by atoms with E-state index in [1.54, 1.807) is 16.7 Å². The summed E-state index contributed by atoms with van der Waals surface area (Å²) in [4.78, 5) is 20.5. The number of hydrogen-bond acceptors (Lipinski definition) is 5. The molecule has 34 heavy (non-hydrogen) atoms. The van der Waals surface area contributed by atoms with Crippen molar-refractivity contribution in [2.45, 2.75) is 35.7 Å². The number of nitrogens with zero attached hydrogens (tertiary/aromatic N) is 4. The summed E-state index contributed by atoms with van der Waals surface area (Å²) in [6.45, 7) is 1.97. The van der Waals surface area contributed by atoms with Gasteiger partial charge in [0.15, 0.2) is 5.11 Å². The molecule has 2 aliphatic rings. The predicted octanol–water partition coefficient (Wildman–Crippen LogP) is 5.10. The number of aromatic nitrogens is 3. The SMILES string of the molecule is Cc1nn(-c2ccccc2)c(Sc2cccc3cccnc23)c1/C=C1/NC(=S)N(C2CC2)C1=O. The molecular weight excluding hydrogens is 462 g/mol. The molecule has 1 saturated heterocycles. The van der Waals surface area contributed by atoms with E-state index in [4.69, 9.17) is 17.3 Å². The molecule has 1 saturated carbocycles. The highest BCUT2D eigenvalue weighted by Crippen LogP contribution is 2.38. The molecule has 0 spiro atoms. The van der Waals surface area contributed by atoms with E-state index in [2.05, 4.69) is 28.5 Å². The standard InChI is InChI=1S/C26H21N5OS2/c1-16-20(15-21-24(32)30(18-12-13-18)26(33)28-21)25(31(29-16)19-9-3-2-4-10-19)34-22-11-5-7-17-8-6-14-27-23(17)22/h2-11,14-15,18H,12-13H2,1H3,(H,28,33)/b21-15+. The van der Waals surface area contributed by atoms with Crippen LogP contribution in [0.4, 0.5) is 0 Å². The summed E-state index contributed by atoms with van der Waals surface area (Å²) >= 11 is 7.05. The molecule has 4 aromatic rings. The molecule has 8 heteroatoms. The Labute approximate surface area is 206 Å². The Kier molecular flexibility index (Phi) is 5.19. The third kappa shape index (κ3) is 3.69. The fraction of sp³-hybridized carbons (Fsp3) is 0.154. The maximum absolute atomic E-state index is 13.1. The molecule has 6 rings (SSSR count). The van der Waals surface area contributed by atoms with E-state index in [1.165, 1.54) is 0 Å². The lowest BCUT2D eigenvalue weighted by Gasteiger charge is -2.11. The molecule has 1 aliphatic heterocycles. The molecule has 0 bridgehead atoms. The van der Waals surface area contributed by atoms with Crippen molar-refractivity contribution < 1.29 is 4.79 Å². The third-order valence-electron chi connectivity index (χ3n) is 5.98. The summed E-state index contributed by atoms with van der Waals surface area (Å²) in [6, 6.07) is 20.4. The number of aryl methyl sites for hydroxylation is 1. The average molecular weight is 484 g/mol. The van der Waals surface area contributed by atoms with Crippen molar-refractivity contribution in [3.8, 4) is 5.69 Å². The van der Waals surface area contributed by atoms with Crippen LogP contribution in [0.5, 0.6) is 0 Å². The summed E-state index contributed by atoms with van der Waals surface area (Å²) in [5, 5.41) is 10.5. The van der Waals surface area contributed by atoms with E-state index >= 15 is 0 Å². The van der Waals surface area contributed by atoms with Gasteiger partial charge in [0.1, 0.15) is 10.7 Å². The number of carbonyl (C=O) groups is 1. The fourth-order valence-corrected chi connectivity index (χ4v) is 5.66. The van der Waals surface area contributed by atoms with Crippen LogP contribution in [-0.2, 0) is 4.79 Å². The Balaban J connectivity index is 1.49. The van der Waals surface area contributed by atoms with Gasteiger partial charge < -0.3 is 5.32 Å². The van der Waals surface area contributed by atoms with E-state index < -0.39 is 0 Å². The van der Waals surface area contributed by atoms with Crippen molar-refractivity contribution in [3.63, 3.8) is 0 Å². The minimum atomic E-state index is -0.0675. The number of amides is 1. The number of rotatable bonds is 5.